The zero-order chi connectivity index (χ0) is 13.0. The Morgan fingerprint density at radius 3 is 2.71 bits per heavy atom. The van der Waals surface area contributed by atoms with E-state index in [1.807, 2.05) is 4.98 Å². The second-order valence-electron chi connectivity index (χ2n) is 3.16. The predicted molar refractivity (Wildman–Crippen MR) is 52.3 cm³/mol. The van der Waals surface area contributed by atoms with E-state index in [0.717, 1.165) is 0 Å². The summed E-state index contributed by atoms with van der Waals surface area (Å²) >= 11 is 0. The van der Waals surface area contributed by atoms with E-state index in [1.54, 1.807) is 6.92 Å². The van der Waals surface area contributed by atoms with Crippen molar-refractivity contribution in [2.45, 2.75) is 19.8 Å². The van der Waals surface area contributed by atoms with Crippen LogP contribution in [0.4, 0.5) is 13.2 Å². The highest BCUT2D eigenvalue weighted by molar-refractivity contribution is 5.72. The van der Waals surface area contributed by atoms with Crippen LogP contribution in [0.15, 0.2) is 10.9 Å². The van der Waals surface area contributed by atoms with E-state index >= 15 is 0 Å². The van der Waals surface area contributed by atoms with Crippen molar-refractivity contribution in [3.63, 3.8) is 0 Å². The lowest BCUT2D eigenvalue weighted by atomic mass is 10.2. The second-order valence-corrected chi connectivity index (χ2v) is 3.16. The van der Waals surface area contributed by atoms with Crippen LogP contribution in [0.1, 0.15) is 24.7 Å². The Bertz CT molecular complexity index is 470. The molecule has 4 nitrogen and oxygen atoms in total. The van der Waals surface area contributed by atoms with Crippen LogP contribution in [0.2, 0.25) is 0 Å². The van der Waals surface area contributed by atoms with Gasteiger partial charge in [-0.3, -0.25) is 9.59 Å². The third-order valence-corrected chi connectivity index (χ3v) is 1.92. The van der Waals surface area contributed by atoms with Crippen molar-refractivity contribution < 1.29 is 22.7 Å². The maximum absolute atomic E-state index is 13.2. The molecule has 0 saturated heterocycles. The molecule has 0 unspecified atom stereocenters. The van der Waals surface area contributed by atoms with Crippen LogP contribution >= 0.6 is 0 Å². The molecule has 0 fully saturated rings. The Kier molecular flexibility index (Phi) is 4.30. The van der Waals surface area contributed by atoms with Gasteiger partial charge in [0, 0.05) is 6.07 Å². The zero-order valence-electron chi connectivity index (χ0n) is 8.93. The van der Waals surface area contributed by atoms with E-state index in [2.05, 4.69) is 4.74 Å². The molecule has 0 aromatic carbocycles. The maximum Gasteiger partial charge on any atom is 0.311 e. The molecule has 1 N–H and O–H groups in total. The third-order valence-electron chi connectivity index (χ3n) is 1.92. The van der Waals surface area contributed by atoms with Crippen LogP contribution in [0.25, 0.3) is 0 Å². The van der Waals surface area contributed by atoms with E-state index in [1.165, 1.54) is 0 Å². The summed E-state index contributed by atoms with van der Waals surface area (Å²) in [6.45, 7) is 1.63. The molecular formula is C10H10F3NO3. The van der Waals surface area contributed by atoms with Crippen molar-refractivity contribution in [1.82, 2.24) is 4.98 Å². The number of carbonyl (C=O) groups is 1. The number of H-pyrrole nitrogens is 1. The first kappa shape index (κ1) is 13.3. The number of aromatic amines is 1. The van der Waals surface area contributed by atoms with Crippen molar-refractivity contribution in [3.8, 4) is 0 Å². The lowest BCUT2D eigenvalue weighted by molar-refractivity contribution is -0.142. The van der Waals surface area contributed by atoms with Crippen LogP contribution in [0, 0.1) is 5.82 Å². The molecule has 0 radical (unpaired) electrons. The van der Waals surface area contributed by atoms with E-state index < -0.39 is 41.4 Å². The number of halogens is 3. The van der Waals surface area contributed by atoms with Gasteiger partial charge in [0.25, 0.3) is 6.43 Å². The first-order valence-electron chi connectivity index (χ1n) is 4.81. The van der Waals surface area contributed by atoms with Gasteiger partial charge in [-0.2, -0.15) is 0 Å². The number of rotatable bonds is 4. The van der Waals surface area contributed by atoms with Crippen molar-refractivity contribution >= 4 is 5.97 Å². The molecule has 1 aromatic heterocycles. The highest BCUT2D eigenvalue weighted by Gasteiger charge is 2.17. The summed E-state index contributed by atoms with van der Waals surface area (Å²) in [5.41, 5.74) is -2.40. The number of carbonyl (C=O) groups excluding carboxylic acids is 1. The maximum atomic E-state index is 13.2. The monoisotopic (exact) mass is 249 g/mol. The lowest BCUT2D eigenvalue weighted by Gasteiger charge is -2.06. The molecule has 0 aliphatic carbocycles. The van der Waals surface area contributed by atoms with Gasteiger partial charge in [-0.05, 0) is 6.92 Å². The van der Waals surface area contributed by atoms with Crippen LogP contribution in [0.3, 0.4) is 0 Å². The topological polar surface area (TPSA) is 59.2 Å². The molecule has 1 aromatic rings. The number of esters is 1. The van der Waals surface area contributed by atoms with Crippen LogP contribution < -0.4 is 5.43 Å². The van der Waals surface area contributed by atoms with E-state index in [4.69, 9.17) is 0 Å². The number of hydrogen-bond donors (Lipinski definition) is 1. The van der Waals surface area contributed by atoms with Gasteiger partial charge in [-0.1, -0.05) is 0 Å². The molecule has 0 amide bonds. The lowest BCUT2D eigenvalue weighted by Crippen LogP contribution is -2.18. The van der Waals surface area contributed by atoms with Gasteiger partial charge in [-0.15, -0.1) is 0 Å². The predicted octanol–water partition coefficient (Wildman–Crippen LogP) is 1.56. The average Bonchev–Trinajstić information content (AvgIpc) is 2.24. The van der Waals surface area contributed by atoms with Crippen LogP contribution in [0.5, 0.6) is 0 Å². The summed E-state index contributed by atoms with van der Waals surface area (Å²) in [7, 11) is 0. The zero-order valence-corrected chi connectivity index (χ0v) is 8.93. The van der Waals surface area contributed by atoms with Crippen molar-refractivity contribution in [1.29, 1.82) is 0 Å². The molecule has 0 bridgehead atoms. The van der Waals surface area contributed by atoms with E-state index in [-0.39, 0.29) is 6.61 Å². The molecule has 7 heteroatoms. The normalized spacial score (nSPS) is 10.6. The summed E-state index contributed by atoms with van der Waals surface area (Å²) in [6, 6.07) is 0.467. The highest BCUT2D eigenvalue weighted by Crippen LogP contribution is 2.16. The van der Waals surface area contributed by atoms with Crippen molar-refractivity contribution in [3.05, 3.63) is 33.5 Å². The standard InChI is InChI=1S/C10H10F3NO3/c1-2-17-8(16)4-5-9(11)7(15)3-6(14-5)10(12)13/h3,10H,2,4H2,1H3,(H,14,15). The molecule has 0 spiro atoms. The fourth-order valence-corrected chi connectivity index (χ4v) is 1.21. The summed E-state index contributed by atoms with van der Waals surface area (Å²) in [6.07, 6.45) is -3.53. The first-order valence-corrected chi connectivity index (χ1v) is 4.81. The molecule has 1 heterocycles. The molecule has 17 heavy (non-hydrogen) atoms. The minimum atomic E-state index is -2.94. The molecule has 0 saturated carbocycles. The Morgan fingerprint density at radius 1 is 1.53 bits per heavy atom. The fraction of sp³-hybridized carbons (Fsp3) is 0.400. The molecule has 0 atom stereocenters. The summed E-state index contributed by atoms with van der Waals surface area (Å²) in [5, 5.41) is 0. The summed E-state index contributed by atoms with van der Waals surface area (Å²) in [5.74, 6) is -2.05. The number of alkyl halides is 2. The van der Waals surface area contributed by atoms with Gasteiger partial charge in [-0.25, -0.2) is 13.2 Å². The number of aromatic nitrogens is 1. The number of hydrogen-bond acceptors (Lipinski definition) is 3. The molecule has 0 aliphatic heterocycles. The summed E-state index contributed by atoms with van der Waals surface area (Å²) in [4.78, 5) is 24.1. The minimum Gasteiger partial charge on any atom is -0.466 e. The molecule has 94 valence electrons. The Labute approximate surface area is 94.4 Å². The Morgan fingerprint density at radius 2 is 2.18 bits per heavy atom. The van der Waals surface area contributed by atoms with E-state index in [9.17, 15) is 22.8 Å². The van der Waals surface area contributed by atoms with Gasteiger partial charge in [0.15, 0.2) is 5.82 Å². The van der Waals surface area contributed by atoms with E-state index in [0.29, 0.717) is 6.07 Å². The molecule has 1 rings (SSSR count). The number of nitrogens with one attached hydrogen (secondary N) is 1. The van der Waals surface area contributed by atoms with Crippen molar-refractivity contribution in [2.75, 3.05) is 6.61 Å². The van der Waals surface area contributed by atoms with Gasteiger partial charge in [0.05, 0.1) is 24.4 Å². The van der Waals surface area contributed by atoms with Crippen LogP contribution in [-0.2, 0) is 16.0 Å². The molecule has 0 aliphatic rings. The second kappa shape index (κ2) is 5.51. The Hall–Kier alpha value is -1.79. The first-order chi connectivity index (χ1) is 7.95. The number of ether oxygens (including phenoxy) is 1. The smallest absolute Gasteiger partial charge is 0.311 e. The summed E-state index contributed by atoms with van der Waals surface area (Å²) < 4.78 is 42.4. The Balaban J connectivity index is 3.06. The van der Waals surface area contributed by atoms with Crippen LogP contribution in [-0.4, -0.2) is 17.6 Å². The molecular weight excluding hydrogens is 239 g/mol. The largest absolute Gasteiger partial charge is 0.466 e. The fourth-order valence-electron chi connectivity index (χ4n) is 1.21. The van der Waals surface area contributed by atoms with Gasteiger partial charge in [0.1, 0.15) is 0 Å². The SMILES string of the molecule is CCOC(=O)Cc1[nH]c(C(F)F)cc(=O)c1F. The van der Waals surface area contributed by atoms with Gasteiger partial charge < -0.3 is 9.72 Å². The third kappa shape index (κ3) is 3.33. The quantitative estimate of drug-likeness (QED) is 0.824. The van der Waals surface area contributed by atoms with Crippen molar-refractivity contribution in [2.24, 2.45) is 0 Å². The van der Waals surface area contributed by atoms with Gasteiger partial charge >= 0.3 is 5.97 Å². The minimum absolute atomic E-state index is 0.0826. The van der Waals surface area contributed by atoms with Gasteiger partial charge in [0.2, 0.25) is 5.43 Å². The number of pyridine rings is 1. The average molecular weight is 249 g/mol. The highest BCUT2D eigenvalue weighted by atomic mass is 19.3.